The molecule has 2 rings (SSSR count). The van der Waals surface area contributed by atoms with E-state index in [1.165, 1.54) is 6.92 Å². The van der Waals surface area contributed by atoms with Crippen LogP contribution >= 0.6 is 0 Å². The van der Waals surface area contributed by atoms with Gasteiger partial charge < -0.3 is 10.6 Å². The monoisotopic (exact) mass is 352 g/mol. The quantitative estimate of drug-likeness (QED) is 0.728. The van der Waals surface area contributed by atoms with Crippen LogP contribution in [0.4, 0.5) is 0 Å². The number of rotatable bonds is 9. The van der Waals surface area contributed by atoms with Gasteiger partial charge in [-0.1, -0.05) is 74.5 Å². The number of benzene rings is 2. The third-order valence-corrected chi connectivity index (χ3v) is 4.42. The molecule has 0 spiro atoms. The Balaban J connectivity index is 1.93. The minimum atomic E-state index is -0.499. The van der Waals surface area contributed by atoms with E-state index in [2.05, 4.69) is 36.6 Å². The molecule has 0 aliphatic heterocycles. The molecule has 1 amide bonds. The second kappa shape index (κ2) is 9.88. The third kappa shape index (κ3) is 6.12. The topological polar surface area (TPSA) is 58.2 Å². The fourth-order valence-electron chi connectivity index (χ4n) is 2.99. The summed E-state index contributed by atoms with van der Waals surface area (Å²) in [7, 11) is 0. The Morgan fingerprint density at radius 2 is 1.50 bits per heavy atom. The summed E-state index contributed by atoms with van der Waals surface area (Å²) in [5.74, 6) is 0.145. The highest BCUT2D eigenvalue weighted by molar-refractivity contribution is 5.88. The van der Waals surface area contributed by atoms with E-state index in [4.69, 9.17) is 0 Å². The number of carbonyl (C=O) groups is 2. The zero-order valence-electron chi connectivity index (χ0n) is 15.7. The minimum absolute atomic E-state index is 0.0364. The normalized spacial score (nSPS) is 13.2. The van der Waals surface area contributed by atoms with Gasteiger partial charge in [0.1, 0.15) is 0 Å². The summed E-state index contributed by atoms with van der Waals surface area (Å²) >= 11 is 0. The summed E-state index contributed by atoms with van der Waals surface area (Å²) < 4.78 is 0. The maximum absolute atomic E-state index is 12.4. The van der Waals surface area contributed by atoms with E-state index in [1.807, 2.05) is 48.5 Å². The molecule has 0 radical (unpaired) electrons. The fourth-order valence-corrected chi connectivity index (χ4v) is 2.99. The van der Waals surface area contributed by atoms with Gasteiger partial charge in [0.2, 0.25) is 5.91 Å². The summed E-state index contributed by atoms with van der Waals surface area (Å²) in [4.78, 5) is 24.3. The summed E-state index contributed by atoms with van der Waals surface area (Å²) in [5, 5.41) is 6.18. The van der Waals surface area contributed by atoms with Crippen molar-refractivity contribution < 1.29 is 9.59 Å². The first-order chi connectivity index (χ1) is 12.5. The van der Waals surface area contributed by atoms with Gasteiger partial charge in [0.25, 0.3) is 0 Å². The van der Waals surface area contributed by atoms with Crippen molar-refractivity contribution in [2.45, 2.75) is 39.3 Å². The van der Waals surface area contributed by atoms with Crippen LogP contribution < -0.4 is 10.6 Å². The molecule has 0 aliphatic carbocycles. The number of hydrogen-bond donors (Lipinski definition) is 2. The first-order valence-corrected chi connectivity index (χ1v) is 9.09. The van der Waals surface area contributed by atoms with E-state index in [9.17, 15) is 9.59 Å². The molecule has 0 heterocycles. The van der Waals surface area contributed by atoms with Crippen molar-refractivity contribution in [2.75, 3.05) is 6.54 Å². The summed E-state index contributed by atoms with van der Waals surface area (Å²) in [6.07, 6.45) is 0.508. The molecule has 26 heavy (non-hydrogen) atoms. The maximum Gasteiger partial charge on any atom is 0.234 e. The summed E-state index contributed by atoms with van der Waals surface area (Å²) in [6.45, 7) is 5.94. The smallest absolute Gasteiger partial charge is 0.234 e. The molecule has 0 bridgehead atoms. The number of nitrogens with one attached hydrogen (secondary N) is 2. The van der Waals surface area contributed by atoms with Gasteiger partial charge in [-0.25, -0.2) is 0 Å². The first kappa shape index (κ1) is 19.9. The Hall–Kier alpha value is -2.46. The van der Waals surface area contributed by atoms with Crippen molar-refractivity contribution in [3.8, 4) is 0 Å². The van der Waals surface area contributed by atoms with E-state index in [-0.39, 0.29) is 24.3 Å². The molecule has 138 valence electrons. The predicted molar refractivity (Wildman–Crippen MR) is 105 cm³/mol. The minimum Gasteiger partial charge on any atom is -0.345 e. The highest BCUT2D eigenvalue weighted by atomic mass is 16.2. The number of Topliss-reactive ketones (excluding diaryl/α,β-unsaturated/α-hetero) is 1. The van der Waals surface area contributed by atoms with Crippen LogP contribution in [0.3, 0.4) is 0 Å². The number of ketones is 1. The second-order valence-electron chi connectivity index (χ2n) is 6.93. The van der Waals surface area contributed by atoms with Gasteiger partial charge in [0.15, 0.2) is 5.78 Å². The summed E-state index contributed by atoms with van der Waals surface area (Å²) in [6, 6.07) is 19.4. The Bertz CT molecular complexity index is 699. The molecule has 4 heteroatoms. The Morgan fingerprint density at radius 1 is 0.923 bits per heavy atom. The van der Waals surface area contributed by atoms with Gasteiger partial charge in [0, 0.05) is 6.04 Å². The maximum atomic E-state index is 12.4. The molecule has 4 nitrogen and oxygen atoms in total. The van der Waals surface area contributed by atoms with Crippen LogP contribution in [0, 0.1) is 5.92 Å². The zero-order valence-corrected chi connectivity index (χ0v) is 15.7. The van der Waals surface area contributed by atoms with E-state index in [0.29, 0.717) is 12.3 Å². The lowest BCUT2D eigenvalue weighted by molar-refractivity contribution is -0.126. The predicted octanol–water partition coefficient (Wildman–Crippen LogP) is 3.29. The Morgan fingerprint density at radius 3 is 2.04 bits per heavy atom. The standard InChI is InChI=1S/C22H28N2O2/c1-16(2)22(19-12-8-5-9-13-19)23-15-21(26)24-20(17(3)25)14-18-10-6-4-7-11-18/h4-13,16,20,22-23H,14-15H2,1-3H3,(H,24,26)/t20-,22-/m1/s1. The van der Waals surface area contributed by atoms with E-state index < -0.39 is 6.04 Å². The van der Waals surface area contributed by atoms with Crippen molar-refractivity contribution in [1.29, 1.82) is 0 Å². The number of hydrogen-bond acceptors (Lipinski definition) is 3. The van der Waals surface area contributed by atoms with Gasteiger partial charge in [-0.05, 0) is 30.4 Å². The second-order valence-corrected chi connectivity index (χ2v) is 6.93. The lowest BCUT2D eigenvalue weighted by atomic mass is 9.96. The third-order valence-electron chi connectivity index (χ3n) is 4.42. The molecule has 0 aliphatic rings. The van der Waals surface area contributed by atoms with Crippen molar-refractivity contribution >= 4 is 11.7 Å². The highest BCUT2D eigenvalue weighted by Crippen LogP contribution is 2.20. The van der Waals surface area contributed by atoms with Gasteiger partial charge in [-0.3, -0.25) is 9.59 Å². The highest BCUT2D eigenvalue weighted by Gasteiger charge is 2.20. The van der Waals surface area contributed by atoms with Gasteiger partial charge in [-0.2, -0.15) is 0 Å². The van der Waals surface area contributed by atoms with Gasteiger partial charge in [-0.15, -0.1) is 0 Å². The van der Waals surface area contributed by atoms with Crippen molar-refractivity contribution in [3.63, 3.8) is 0 Å². The van der Waals surface area contributed by atoms with Gasteiger partial charge >= 0.3 is 0 Å². The lowest BCUT2D eigenvalue weighted by Crippen LogP contribution is -2.45. The van der Waals surface area contributed by atoms with Crippen molar-refractivity contribution in [3.05, 3.63) is 71.8 Å². The molecular formula is C22H28N2O2. The average molecular weight is 352 g/mol. The average Bonchev–Trinajstić information content (AvgIpc) is 2.62. The molecule has 0 unspecified atom stereocenters. The van der Waals surface area contributed by atoms with Crippen LogP contribution in [-0.2, 0) is 16.0 Å². The van der Waals surface area contributed by atoms with Crippen molar-refractivity contribution in [2.24, 2.45) is 5.92 Å². The van der Waals surface area contributed by atoms with E-state index in [0.717, 1.165) is 11.1 Å². The molecular weight excluding hydrogens is 324 g/mol. The SMILES string of the molecule is CC(=O)[C@@H](Cc1ccccc1)NC(=O)CN[C@@H](c1ccccc1)C(C)C. The molecule has 0 saturated carbocycles. The van der Waals surface area contributed by atoms with Crippen LogP contribution in [0.5, 0.6) is 0 Å². The van der Waals surface area contributed by atoms with Gasteiger partial charge in [0.05, 0.1) is 12.6 Å². The first-order valence-electron chi connectivity index (χ1n) is 9.09. The Labute approximate surface area is 156 Å². The van der Waals surface area contributed by atoms with Crippen LogP contribution in [0.2, 0.25) is 0 Å². The molecule has 0 aromatic heterocycles. The molecule has 2 atom stereocenters. The molecule has 2 N–H and O–H groups in total. The molecule has 0 saturated heterocycles. The van der Waals surface area contributed by atoms with E-state index in [1.54, 1.807) is 0 Å². The molecule has 0 fully saturated rings. The van der Waals surface area contributed by atoms with Crippen LogP contribution in [0.15, 0.2) is 60.7 Å². The Kier molecular flexibility index (Phi) is 7.54. The largest absolute Gasteiger partial charge is 0.345 e. The summed E-state index contributed by atoms with van der Waals surface area (Å²) in [5.41, 5.74) is 2.19. The number of amides is 1. The number of carbonyl (C=O) groups excluding carboxylic acids is 2. The fraction of sp³-hybridized carbons (Fsp3) is 0.364. The van der Waals surface area contributed by atoms with Crippen molar-refractivity contribution in [1.82, 2.24) is 10.6 Å². The molecule has 2 aromatic carbocycles. The lowest BCUT2D eigenvalue weighted by Gasteiger charge is -2.23. The van der Waals surface area contributed by atoms with Crippen LogP contribution in [0.25, 0.3) is 0 Å². The molecule has 2 aromatic rings. The van der Waals surface area contributed by atoms with E-state index >= 15 is 0 Å². The van der Waals surface area contributed by atoms with Crippen LogP contribution in [0.1, 0.15) is 37.9 Å². The zero-order chi connectivity index (χ0) is 18.9. The van der Waals surface area contributed by atoms with Crippen LogP contribution in [-0.4, -0.2) is 24.3 Å².